The molecule has 0 fully saturated rings. The van der Waals surface area contributed by atoms with Crippen molar-refractivity contribution in [2.45, 2.75) is 39.5 Å². The van der Waals surface area contributed by atoms with Gasteiger partial charge in [-0.1, -0.05) is 39.0 Å². The van der Waals surface area contributed by atoms with Gasteiger partial charge in [-0.2, -0.15) is 0 Å². The molecular weight excluding hydrogens is 234 g/mol. The van der Waals surface area contributed by atoms with Crippen LogP contribution < -0.4 is 10.1 Å². The number of ether oxygens (including phenoxy) is 1. The highest BCUT2D eigenvalue weighted by Gasteiger charge is 1.98. The molecule has 0 amide bonds. The van der Waals surface area contributed by atoms with E-state index in [2.05, 4.69) is 50.0 Å². The third kappa shape index (κ3) is 7.02. The third-order valence-electron chi connectivity index (χ3n) is 2.99. The Morgan fingerprint density at radius 1 is 1.16 bits per heavy atom. The molecule has 1 N–H and O–H groups in total. The van der Waals surface area contributed by atoms with Crippen LogP contribution in [0.15, 0.2) is 36.4 Å². The van der Waals surface area contributed by atoms with Crippen molar-refractivity contribution in [3.63, 3.8) is 0 Å². The van der Waals surface area contributed by atoms with Crippen LogP contribution >= 0.6 is 0 Å². The molecular formula is C17H27NO. The van der Waals surface area contributed by atoms with E-state index in [4.69, 9.17) is 4.74 Å². The quantitative estimate of drug-likeness (QED) is 0.508. The SMILES string of the molecule is C=C(CNCCC)COc1ccc(CCCC)cc1. The summed E-state index contributed by atoms with van der Waals surface area (Å²) in [7, 11) is 0. The molecule has 1 aromatic rings. The lowest BCUT2D eigenvalue weighted by atomic mass is 10.1. The molecule has 0 aliphatic heterocycles. The van der Waals surface area contributed by atoms with Crippen LogP contribution in [0.25, 0.3) is 0 Å². The Hall–Kier alpha value is -1.28. The highest BCUT2D eigenvalue weighted by molar-refractivity contribution is 5.27. The topological polar surface area (TPSA) is 21.3 Å². The lowest BCUT2D eigenvalue weighted by molar-refractivity contribution is 0.348. The van der Waals surface area contributed by atoms with Gasteiger partial charge < -0.3 is 10.1 Å². The van der Waals surface area contributed by atoms with Gasteiger partial charge in [-0.05, 0) is 49.1 Å². The minimum Gasteiger partial charge on any atom is -0.489 e. The fourth-order valence-electron chi connectivity index (χ4n) is 1.81. The second-order valence-electron chi connectivity index (χ2n) is 4.96. The van der Waals surface area contributed by atoms with Crippen LogP contribution in [0.5, 0.6) is 5.75 Å². The van der Waals surface area contributed by atoms with E-state index in [9.17, 15) is 0 Å². The largest absolute Gasteiger partial charge is 0.489 e. The second kappa shape index (κ2) is 9.62. The van der Waals surface area contributed by atoms with Crippen LogP contribution in [-0.2, 0) is 6.42 Å². The number of hydrogen-bond acceptors (Lipinski definition) is 2. The van der Waals surface area contributed by atoms with Gasteiger partial charge in [-0.3, -0.25) is 0 Å². The predicted octanol–water partition coefficient (Wildman–Crippen LogP) is 3.96. The molecule has 0 aromatic heterocycles. The summed E-state index contributed by atoms with van der Waals surface area (Å²) in [6.45, 7) is 10.8. The van der Waals surface area contributed by atoms with Crippen molar-refractivity contribution in [3.05, 3.63) is 42.0 Å². The van der Waals surface area contributed by atoms with Crippen LogP contribution in [0.1, 0.15) is 38.7 Å². The first-order valence-electron chi connectivity index (χ1n) is 7.35. The Kier molecular flexibility index (Phi) is 7.99. The van der Waals surface area contributed by atoms with E-state index in [0.717, 1.165) is 37.3 Å². The van der Waals surface area contributed by atoms with Gasteiger partial charge in [-0.25, -0.2) is 0 Å². The van der Waals surface area contributed by atoms with Crippen molar-refractivity contribution in [1.29, 1.82) is 0 Å². The maximum atomic E-state index is 5.72. The number of aryl methyl sites for hydroxylation is 1. The lowest BCUT2D eigenvalue weighted by Crippen LogP contribution is -2.20. The van der Waals surface area contributed by atoms with Crippen molar-refractivity contribution < 1.29 is 4.74 Å². The molecule has 0 spiro atoms. The predicted molar refractivity (Wildman–Crippen MR) is 82.8 cm³/mol. The summed E-state index contributed by atoms with van der Waals surface area (Å²) in [6.07, 6.45) is 4.79. The van der Waals surface area contributed by atoms with Gasteiger partial charge in [0.25, 0.3) is 0 Å². The fraction of sp³-hybridized carbons (Fsp3) is 0.529. The molecule has 0 unspecified atom stereocenters. The van der Waals surface area contributed by atoms with Crippen molar-refractivity contribution in [2.24, 2.45) is 0 Å². The van der Waals surface area contributed by atoms with Gasteiger partial charge in [0.1, 0.15) is 12.4 Å². The Balaban J connectivity index is 2.27. The Labute approximate surface area is 117 Å². The highest BCUT2D eigenvalue weighted by Crippen LogP contribution is 2.14. The zero-order valence-electron chi connectivity index (χ0n) is 12.4. The number of rotatable bonds is 10. The molecule has 0 saturated carbocycles. The van der Waals surface area contributed by atoms with Crippen LogP contribution in [0.3, 0.4) is 0 Å². The minimum absolute atomic E-state index is 0.588. The standard InChI is InChI=1S/C17H27NO/c1-4-6-7-16-8-10-17(11-9-16)19-14-15(3)13-18-12-5-2/h8-11,18H,3-7,12-14H2,1-2H3. The first-order valence-corrected chi connectivity index (χ1v) is 7.35. The molecule has 19 heavy (non-hydrogen) atoms. The van der Waals surface area contributed by atoms with Gasteiger partial charge >= 0.3 is 0 Å². The van der Waals surface area contributed by atoms with Crippen molar-refractivity contribution in [3.8, 4) is 5.75 Å². The van der Waals surface area contributed by atoms with Gasteiger partial charge in [-0.15, -0.1) is 0 Å². The third-order valence-corrected chi connectivity index (χ3v) is 2.99. The second-order valence-corrected chi connectivity index (χ2v) is 4.96. The number of nitrogens with one attached hydrogen (secondary N) is 1. The van der Waals surface area contributed by atoms with E-state index in [-0.39, 0.29) is 0 Å². The molecule has 1 rings (SSSR count). The monoisotopic (exact) mass is 261 g/mol. The zero-order valence-corrected chi connectivity index (χ0v) is 12.4. The first kappa shape index (κ1) is 15.8. The molecule has 0 bridgehead atoms. The summed E-state index contributed by atoms with van der Waals surface area (Å²) in [5, 5.41) is 3.32. The van der Waals surface area contributed by atoms with Crippen LogP contribution in [0.4, 0.5) is 0 Å². The van der Waals surface area contributed by atoms with Crippen LogP contribution in [0.2, 0.25) is 0 Å². The van der Waals surface area contributed by atoms with Gasteiger partial charge in [0.05, 0.1) is 0 Å². The van der Waals surface area contributed by atoms with Crippen molar-refractivity contribution in [1.82, 2.24) is 5.32 Å². The molecule has 0 aliphatic rings. The molecule has 0 aliphatic carbocycles. The van der Waals surface area contributed by atoms with Gasteiger partial charge in [0, 0.05) is 6.54 Å². The number of hydrogen-bond donors (Lipinski definition) is 1. The van der Waals surface area contributed by atoms with Crippen LogP contribution in [0, 0.1) is 0 Å². The molecule has 2 heteroatoms. The number of unbranched alkanes of at least 4 members (excludes halogenated alkanes) is 1. The summed E-state index contributed by atoms with van der Waals surface area (Å²) in [5.74, 6) is 0.928. The van der Waals surface area contributed by atoms with E-state index >= 15 is 0 Å². The smallest absolute Gasteiger partial charge is 0.119 e. The fourth-order valence-corrected chi connectivity index (χ4v) is 1.81. The first-order chi connectivity index (χ1) is 9.26. The molecule has 0 atom stereocenters. The van der Waals surface area contributed by atoms with E-state index in [1.54, 1.807) is 0 Å². The van der Waals surface area contributed by atoms with E-state index in [0.29, 0.717) is 6.61 Å². The van der Waals surface area contributed by atoms with E-state index in [1.165, 1.54) is 18.4 Å². The van der Waals surface area contributed by atoms with Gasteiger partial charge in [0.15, 0.2) is 0 Å². The van der Waals surface area contributed by atoms with E-state index < -0.39 is 0 Å². The maximum Gasteiger partial charge on any atom is 0.119 e. The summed E-state index contributed by atoms with van der Waals surface area (Å²) < 4.78 is 5.72. The van der Waals surface area contributed by atoms with Crippen molar-refractivity contribution >= 4 is 0 Å². The summed E-state index contributed by atoms with van der Waals surface area (Å²) >= 11 is 0. The lowest BCUT2D eigenvalue weighted by Gasteiger charge is -2.10. The number of benzene rings is 1. The van der Waals surface area contributed by atoms with E-state index in [1.807, 2.05) is 0 Å². The molecule has 2 nitrogen and oxygen atoms in total. The molecule has 0 radical (unpaired) electrons. The average molecular weight is 261 g/mol. The molecule has 0 heterocycles. The Bertz CT molecular complexity index is 356. The summed E-state index contributed by atoms with van der Waals surface area (Å²) in [5.41, 5.74) is 2.47. The van der Waals surface area contributed by atoms with Crippen LogP contribution in [-0.4, -0.2) is 19.7 Å². The summed E-state index contributed by atoms with van der Waals surface area (Å²) in [6, 6.07) is 8.42. The average Bonchev–Trinajstić information content (AvgIpc) is 2.44. The zero-order chi connectivity index (χ0) is 13.9. The Morgan fingerprint density at radius 3 is 2.53 bits per heavy atom. The molecule has 0 saturated heterocycles. The molecule has 1 aromatic carbocycles. The normalized spacial score (nSPS) is 10.4. The highest BCUT2D eigenvalue weighted by atomic mass is 16.5. The molecule has 106 valence electrons. The maximum absolute atomic E-state index is 5.72. The van der Waals surface area contributed by atoms with Gasteiger partial charge in [0.2, 0.25) is 0 Å². The minimum atomic E-state index is 0.588. The Morgan fingerprint density at radius 2 is 1.89 bits per heavy atom. The van der Waals surface area contributed by atoms with Crippen molar-refractivity contribution in [2.75, 3.05) is 19.7 Å². The summed E-state index contributed by atoms with van der Waals surface area (Å²) in [4.78, 5) is 0.